The summed E-state index contributed by atoms with van der Waals surface area (Å²) in [7, 11) is 0. The molecule has 1 heterocycles. The highest BCUT2D eigenvalue weighted by atomic mass is 16.4. The van der Waals surface area contributed by atoms with Crippen LogP contribution in [0.2, 0.25) is 0 Å². The summed E-state index contributed by atoms with van der Waals surface area (Å²) < 4.78 is 0. The Kier molecular flexibility index (Phi) is 1.63. The molecule has 0 aromatic carbocycles. The molecule has 5 heteroatoms. The van der Waals surface area contributed by atoms with Crippen LogP contribution in [0.25, 0.3) is 0 Å². The van der Waals surface area contributed by atoms with Crippen LogP contribution >= 0.6 is 0 Å². The highest BCUT2D eigenvalue weighted by Crippen LogP contribution is 2.07. The van der Waals surface area contributed by atoms with E-state index in [0.29, 0.717) is 13.1 Å². The fraction of sp³-hybridized carbons (Fsp3) is 0.600. The van der Waals surface area contributed by atoms with Gasteiger partial charge in [0.05, 0.1) is 6.54 Å². The molecule has 0 unspecified atom stereocenters. The summed E-state index contributed by atoms with van der Waals surface area (Å²) >= 11 is 0. The van der Waals surface area contributed by atoms with Gasteiger partial charge in [0.2, 0.25) is 0 Å². The Morgan fingerprint density at radius 2 is 2.30 bits per heavy atom. The van der Waals surface area contributed by atoms with Crippen LogP contribution in [0.5, 0.6) is 0 Å². The molecule has 1 rings (SSSR count). The van der Waals surface area contributed by atoms with Crippen LogP contribution in [-0.2, 0) is 0 Å². The number of nitrogens with zero attached hydrogens (tertiary/aromatic N) is 3. The van der Waals surface area contributed by atoms with Gasteiger partial charge < -0.3 is 5.11 Å². The maximum atomic E-state index is 10.3. The van der Waals surface area contributed by atoms with Gasteiger partial charge in [-0.15, -0.1) is 0 Å². The second-order valence-electron chi connectivity index (χ2n) is 1.98. The van der Waals surface area contributed by atoms with Gasteiger partial charge in [0.1, 0.15) is 0 Å². The summed E-state index contributed by atoms with van der Waals surface area (Å²) in [6, 6.07) is 0. The summed E-state index contributed by atoms with van der Waals surface area (Å²) in [5.74, 6) is 0. The van der Waals surface area contributed by atoms with Gasteiger partial charge in [-0.2, -0.15) is 5.26 Å². The van der Waals surface area contributed by atoms with Gasteiger partial charge in [-0.25, -0.2) is 14.8 Å². The minimum Gasteiger partial charge on any atom is -0.464 e. The van der Waals surface area contributed by atoms with Gasteiger partial charge in [0.15, 0.2) is 6.19 Å². The minimum atomic E-state index is -1.06. The van der Waals surface area contributed by atoms with Crippen molar-refractivity contribution in [3.05, 3.63) is 0 Å². The van der Waals surface area contributed by atoms with Crippen molar-refractivity contribution in [3.8, 4) is 6.19 Å². The minimum absolute atomic E-state index is 0.433. The molecule has 0 aliphatic carbocycles. The quantitative estimate of drug-likeness (QED) is 0.484. The third kappa shape index (κ3) is 0.957. The molecule has 1 amide bonds. The van der Waals surface area contributed by atoms with E-state index >= 15 is 0 Å². The molecule has 1 aliphatic rings. The van der Waals surface area contributed by atoms with Gasteiger partial charge in [0.25, 0.3) is 0 Å². The number of hydrazine groups is 1. The van der Waals surface area contributed by atoms with Crippen LogP contribution in [0, 0.1) is 11.5 Å². The molecule has 10 heavy (non-hydrogen) atoms. The zero-order valence-electron chi connectivity index (χ0n) is 5.32. The van der Waals surface area contributed by atoms with Gasteiger partial charge in [-0.1, -0.05) is 0 Å². The van der Waals surface area contributed by atoms with Gasteiger partial charge >= 0.3 is 6.09 Å². The van der Waals surface area contributed by atoms with Crippen molar-refractivity contribution >= 4 is 6.09 Å². The normalized spacial score (nSPS) is 17.1. The number of amides is 1. The average molecular weight is 141 g/mol. The predicted molar refractivity (Wildman–Crippen MR) is 31.7 cm³/mol. The van der Waals surface area contributed by atoms with Gasteiger partial charge in [-0.3, -0.25) is 0 Å². The topological polar surface area (TPSA) is 67.6 Å². The van der Waals surface area contributed by atoms with E-state index in [1.807, 2.05) is 0 Å². The Balaban J connectivity index is 2.61. The Morgan fingerprint density at radius 1 is 1.60 bits per heavy atom. The third-order valence-electron chi connectivity index (χ3n) is 1.37. The smallest absolute Gasteiger partial charge is 0.426 e. The largest absolute Gasteiger partial charge is 0.464 e. The second kappa shape index (κ2) is 2.43. The number of rotatable bonds is 0. The summed E-state index contributed by atoms with van der Waals surface area (Å²) in [6.07, 6.45) is 1.45. The number of nitriles is 1. The number of carbonyl (C=O) groups is 1. The van der Waals surface area contributed by atoms with E-state index in [1.54, 1.807) is 6.19 Å². The molecule has 5 nitrogen and oxygen atoms in total. The van der Waals surface area contributed by atoms with E-state index < -0.39 is 6.09 Å². The Bertz CT molecular complexity index is 186. The van der Waals surface area contributed by atoms with Crippen molar-refractivity contribution in [1.82, 2.24) is 10.0 Å². The zero-order chi connectivity index (χ0) is 7.56. The molecule has 0 aromatic heterocycles. The van der Waals surface area contributed by atoms with Crippen LogP contribution in [0.15, 0.2) is 0 Å². The van der Waals surface area contributed by atoms with Crippen LogP contribution in [0.1, 0.15) is 6.42 Å². The zero-order valence-corrected chi connectivity index (χ0v) is 5.32. The van der Waals surface area contributed by atoms with Crippen LogP contribution in [-0.4, -0.2) is 34.3 Å². The first-order valence-corrected chi connectivity index (χ1v) is 2.93. The van der Waals surface area contributed by atoms with Gasteiger partial charge in [0, 0.05) is 6.54 Å². The Hall–Kier alpha value is -1.44. The van der Waals surface area contributed by atoms with E-state index in [0.717, 1.165) is 16.4 Å². The molecule has 1 N–H and O–H groups in total. The van der Waals surface area contributed by atoms with Crippen molar-refractivity contribution in [2.45, 2.75) is 6.42 Å². The molecule has 0 bridgehead atoms. The average Bonchev–Trinajstić information content (AvgIpc) is 2.33. The SMILES string of the molecule is N#CN1CCCN1C(=O)O. The fourth-order valence-electron chi connectivity index (χ4n) is 0.915. The van der Waals surface area contributed by atoms with Gasteiger partial charge in [-0.05, 0) is 6.42 Å². The fourth-order valence-corrected chi connectivity index (χ4v) is 0.915. The lowest BCUT2D eigenvalue weighted by molar-refractivity contribution is 0.0744. The molecular weight excluding hydrogens is 134 g/mol. The molecule has 0 spiro atoms. The third-order valence-corrected chi connectivity index (χ3v) is 1.37. The summed E-state index contributed by atoms with van der Waals surface area (Å²) in [6.45, 7) is 0.950. The molecule has 0 radical (unpaired) electrons. The van der Waals surface area contributed by atoms with Crippen molar-refractivity contribution in [3.63, 3.8) is 0 Å². The first kappa shape index (κ1) is 6.68. The molecule has 1 aliphatic heterocycles. The molecular formula is C5H7N3O2. The lowest BCUT2D eigenvalue weighted by Crippen LogP contribution is -2.36. The second-order valence-corrected chi connectivity index (χ2v) is 1.98. The number of hydrogen-bond acceptors (Lipinski definition) is 3. The Labute approximate surface area is 58.0 Å². The summed E-state index contributed by atoms with van der Waals surface area (Å²) in [4.78, 5) is 10.3. The molecule has 1 fully saturated rings. The van der Waals surface area contributed by atoms with Crippen molar-refractivity contribution in [2.24, 2.45) is 0 Å². The standard InChI is InChI=1S/C5H7N3O2/c6-4-7-2-1-3-8(7)5(9)10/h1-3H2,(H,9,10). The van der Waals surface area contributed by atoms with Crippen LogP contribution in [0.3, 0.4) is 0 Å². The molecule has 0 aromatic rings. The highest BCUT2D eigenvalue weighted by molar-refractivity contribution is 5.64. The molecule has 0 saturated carbocycles. The highest BCUT2D eigenvalue weighted by Gasteiger charge is 2.24. The van der Waals surface area contributed by atoms with Crippen LogP contribution in [0.4, 0.5) is 4.79 Å². The molecule has 1 saturated heterocycles. The van der Waals surface area contributed by atoms with Crippen molar-refractivity contribution in [1.29, 1.82) is 5.26 Å². The van der Waals surface area contributed by atoms with E-state index in [1.165, 1.54) is 0 Å². The van der Waals surface area contributed by atoms with E-state index in [9.17, 15) is 4.79 Å². The van der Waals surface area contributed by atoms with E-state index in [4.69, 9.17) is 10.4 Å². The first-order valence-electron chi connectivity index (χ1n) is 2.93. The first-order chi connectivity index (χ1) is 4.75. The lowest BCUT2D eigenvalue weighted by Gasteiger charge is -2.17. The molecule has 0 atom stereocenters. The van der Waals surface area contributed by atoms with E-state index in [-0.39, 0.29) is 0 Å². The summed E-state index contributed by atoms with van der Waals surface area (Å²) in [5.41, 5.74) is 0. The Morgan fingerprint density at radius 3 is 2.70 bits per heavy atom. The van der Waals surface area contributed by atoms with Crippen molar-refractivity contribution in [2.75, 3.05) is 13.1 Å². The van der Waals surface area contributed by atoms with E-state index in [2.05, 4.69) is 0 Å². The maximum absolute atomic E-state index is 10.3. The maximum Gasteiger partial charge on any atom is 0.426 e. The van der Waals surface area contributed by atoms with Crippen LogP contribution < -0.4 is 0 Å². The number of hydrogen-bond donors (Lipinski definition) is 1. The predicted octanol–water partition coefficient (Wildman–Crippen LogP) is 0.0682. The molecule has 54 valence electrons. The van der Waals surface area contributed by atoms with Crippen molar-refractivity contribution < 1.29 is 9.90 Å². The monoisotopic (exact) mass is 141 g/mol. The summed E-state index contributed by atoms with van der Waals surface area (Å²) in [5, 5.41) is 19.0. The number of carboxylic acid groups (broad SMARTS) is 1. The lowest BCUT2D eigenvalue weighted by atomic mass is 10.5.